The number of benzene rings is 1. The zero-order valence-electron chi connectivity index (χ0n) is 21.6. The molecular formula is C25H29F3N4O5S. The van der Waals surface area contributed by atoms with E-state index < -0.39 is 24.0 Å². The Morgan fingerprint density at radius 1 is 1.24 bits per heavy atom. The van der Waals surface area contributed by atoms with Gasteiger partial charge in [-0.1, -0.05) is 0 Å². The van der Waals surface area contributed by atoms with Gasteiger partial charge in [0.05, 0.1) is 4.88 Å². The smallest absolute Gasteiger partial charge is 0.420 e. The van der Waals surface area contributed by atoms with E-state index in [1.807, 2.05) is 6.92 Å². The largest absolute Gasteiger partial charge is 0.490 e. The number of hydrogen-bond donors (Lipinski definition) is 2. The van der Waals surface area contributed by atoms with Crippen molar-refractivity contribution in [3.8, 4) is 27.1 Å². The summed E-state index contributed by atoms with van der Waals surface area (Å²) < 4.78 is 49.8. The molecule has 0 bridgehead atoms. The summed E-state index contributed by atoms with van der Waals surface area (Å²) in [6.07, 6.45) is -3.09. The number of likely N-dealkylation sites (tertiary alicyclic amines) is 1. The number of ether oxygens (including phenoxy) is 1. The molecule has 1 fully saturated rings. The van der Waals surface area contributed by atoms with Crippen LogP contribution in [0.25, 0.3) is 21.3 Å². The number of carbonyl (C=O) groups excluding carboxylic acids is 1. The molecule has 1 saturated heterocycles. The predicted molar refractivity (Wildman–Crippen MR) is 133 cm³/mol. The van der Waals surface area contributed by atoms with Crippen LogP contribution in [0.1, 0.15) is 62.5 Å². The van der Waals surface area contributed by atoms with Gasteiger partial charge in [-0.3, -0.25) is 4.79 Å². The summed E-state index contributed by atoms with van der Waals surface area (Å²) in [6.45, 7) is 6.97. The van der Waals surface area contributed by atoms with Crippen LogP contribution in [0.3, 0.4) is 0 Å². The molecule has 1 amide bonds. The molecule has 1 aliphatic rings. The van der Waals surface area contributed by atoms with Crippen molar-refractivity contribution in [2.45, 2.75) is 70.9 Å². The van der Waals surface area contributed by atoms with Crippen LogP contribution in [0, 0.1) is 6.92 Å². The van der Waals surface area contributed by atoms with Crippen molar-refractivity contribution in [1.29, 1.82) is 0 Å². The second-order valence-electron chi connectivity index (χ2n) is 10.2. The SMILES string of the molecule is Cc1cc(OCC(C)(O)C(F)(F)F)ccc1-c1sc(-c2nnc(C(C)(C)O)o2)nc1C(=O)N1CCC[C@@H]1C. The number of halogens is 3. The van der Waals surface area contributed by atoms with Crippen LogP contribution in [0.5, 0.6) is 5.75 Å². The number of thiazole rings is 1. The van der Waals surface area contributed by atoms with Gasteiger partial charge in [0.15, 0.2) is 10.6 Å². The van der Waals surface area contributed by atoms with Crippen LogP contribution >= 0.6 is 11.3 Å². The van der Waals surface area contributed by atoms with Crippen molar-refractivity contribution >= 4 is 17.2 Å². The van der Waals surface area contributed by atoms with Crippen molar-refractivity contribution in [2.24, 2.45) is 0 Å². The molecule has 9 nitrogen and oxygen atoms in total. The Morgan fingerprint density at radius 2 is 1.95 bits per heavy atom. The third kappa shape index (κ3) is 5.54. The first-order chi connectivity index (χ1) is 17.6. The number of aliphatic hydroxyl groups is 2. The second-order valence-corrected chi connectivity index (χ2v) is 11.2. The molecular weight excluding hydrogens is 525 g/mol. The summed E-state index contributed by atoms with van der Waals surface area (Å²) in [5.74, 6) is -0.0736. The van der Waals surface area contributed by atoms with Crippen LogP contribution in [-0.2, 0) is 5.60 Å². The summed E-state index contributed by atoms with van der Waals surface area (Å²) >= 11 is 1.15. The normalized spacial score (nSPS) is 18.1. The van der Waals surface area contributed by atoms with Crippen molar-refractivity contribution < 1.29 is 37.3 Å². The van der Waals surface area contributed by atoms with Gasteiger partial charge in [0, 0.05) is 12.6 Å². The summed E-state index contributed by atoms with van der Waals surface area (Å²) in [6, 6.07) is 4.68. The topological polar surface area (TPSA) is 122 Å². The van der Waals surface area contributed by atoms with Gasteiger partial charge in [-0.2, -0.15) is 13.2 Å². The summed E-state index contributed by atoms with van der Waals surface area (Å²) in [4.78, 5) is 20.4. The van der Waals surface area contributed by atoms with Crippen LogP contribution in [-0.4, -0.2) is 67.2 Å². The highest BCUT2D eigenvalue weighted by Gasteiger charge is 2.50. The summed E-state index contributed by atoms with van der Waals surface area (Å²) in [5.41, 5.74) is -2.93. The lowest BCUT2D eigenvalue weighted by molar-refractivity contribution is -0.260. The van der Waals surface area contributed by atoms with E-state index in [2.05, 4.69) is 15.2 Å². The number of hydrogen-bond acceptors (Lipinski definition) is 9. The van der Waals surface area contributed by atoms with Gasteiger partial charge in [-0.15, -0.1) is 21.5 Å². The molecule has 2 atom stereocenters. The third-order valence-corrected chi connectivity index (χ3v) is 7.42. The van der Waals surface area contributed by atoms with Crippen molar-refractivity contribution in [2.75, 3.05) is 13.2 Å². The van der Waals surface area contributed by atoms with Crippen molar-refractivity contribution in [3.05, 3.63) is 35.3 Å². The fourth-order valence-corrected chi connectivity index (χ4v) is 5.02. The van der Waals surface area contributed by atoms with E-state index in [0.717, 1.165) is 24.2 Å². The Morgan fingerprint density at radius 3 is 2.50 bits per heavy atom. The number of aryl methyl sites for hydroxylation is 1. The highest BCUT2D eigenvalue weighted by Crippen LogP contribution is 2.40. The molecule has 0 spiro atoms. The molecule has 1 aliphatic heterocycles. The molecule has 2 aromatic heterocycles. The average molecular weight is 555 g/mol. The highest BCUT2D eigenvalue weighted by molar-refractivity contribution is 7.18. The zero-order valence-corrected chi connectivity index (χ0v) is 22.4. The van der Waals surface area contributed by atoms with E-state index in [0.29, 0.717) is 34.5 Å². The molecule has 0 aliphatic carbocycles. The van der Waals surface area contributed by atoms with Gasteiger partial charge in [-0.05, 0) is 76.8 Å². The first kappa shape index (κ1) is 28.0. The van der Waals surface area contributed by atoms with Crippen molar-refractivity contribution in [1.82, 2.24) is 20.1 Å². The third-order valence-electron chi connectivity index (χ3n) is 6.35. The van der Waals surface area contributed by atoms with E-state index >= 15 is 0 Å². The van der Waals surface area contributed by atoms with E-state index in [-0.39, 0.29) is 35.2 Å². The van der Waals surface area contributed by atoms with E-state index in [1.165, 1.54) is 26.0 Å². The molecule has 3 heterocycles. The van der Waals surface area contributed by atoms with Gasteiger partial charge in [0.25, 0.3) is 11.8 Å². The highest BCUT2D eigenvalue weighted by atomic mass is 32.1. The van der Waals surface area contributed by atoms with Crippen molar-refractivity contribution in [3.63, 3.8) is 0 Å². The molecule has 1 unspecified atom stereocenters. The summed E-state index contributed by atoms with van der Waals surface area (Å²) in [5, 5.41) is 28.0. The Hall–Kier alpha value is -3.03. The molecule has 0 saturated carbocycles. The molecule has 0 radical (unpaired) electrons. The van der Waals surface area contributed by atoms with Crippen LogP contribution in [0.4, 0.5) is 13.2 Å². The minimum atomic E-state index is -4.84. The van der Waals surface area contributed by atoms with Gasteiger partial charge >= 0.3 is 6.18 Å². The second kappa shape index (κ2) is 9.93. The quantitative estimate of drug-likeness (QED) is 0.431. The molecule has 38 heavy (non-hydrogen) atoms. The van der Waals surface area contributed by atoms with Crippen LogP contribution < -0.4 is 4.74 Å². The van der Waals surface area contributed by atoms with Gasteiger partial charge in [-0.25, -0.2) is 4.98 Å². The molecule has 13 heteroatoms. The van der Waals surface area contributed by atoms with Gasteiger partial charge in [0.2, 0.25) is 5.89 Å². The molecule has 206 valence electrons. The lowest BCUT2D eigenvalue weighted by Crippen LogP contribution is -2.47. The van der Waals surface area contributed by atoms with Crippen LogP contribution in [0.2, 0.25) is 0 Å². The zero-order chi connectivity index (χ0) is 28.0. The molecule has 4 rings (SSSR count). The first-order valence-corrected chi connectivity index (χ1v) is 12.8. The van der Waals surface area contributed by atoms with Gasteiger partial charge in [0.1, 0.15) is 23.7 Å². The van der Waals surface area contributed by atoms with Gasteiger partial charge < -0.3 is 24.3 Å². The minimum absolute atomic E-state index is 0.00212. The maximum atomic E-state index is 13.6. The number of nitrogens with zero attached hydrogens (tertiary/aromatic N) is 4. The average Bonchev–Trinajstić information content (AvgIpc) is 3.55. The van der Waals surface area contributed by atoms with E-state index in [1.54, 1.807) is 17.9 Å². The first-order valence-electron chi connectivity index (χ1n) is 12.0. The molecule has 2 N–H and O–H groups in total. The number of rotatable bonds is 7. The standard InChI is InChI=1S/C25H29F3N4O5S/c1-13-11-15(36-12-24(5,35)25(26,27)28)8-9-16(13)18-17(21(33)32-10-6-7-14(32)2)29-20(38-18)19-30-31-22(37-19)23(3,4)34/h8-9,11,14,34-35H,6-7,10,12H2,1-5H3/t14-,24?/m0/s1. The fourth-order valence-electron chi connectivity index (χ4n) is 3.95. The maximum Gasteiger partial charge on any atom is 0.420 e. The number of carbonyl (C=O) groups is 1. The Balaban J connectivity index is 1.71. The maximum absolute atomic E-state index is 13.6. The number of aromatic nitrogens is 3. The lowest BCUT2D eigenvalue weighted by Gasteiger charge is -2.26. The van der Waals surface area contributed by atoms with Crippen LogP contribution in [0.15, 0.2) is 22.6 Å². The minimum Gasteiger partial charge on any atom is -0.490 e. The van der Waals surface area contributed by atoms with E-state index in [9.17, 15) is 28.2 Å². The fraction of sp³-hybridized carbons (Fsp3) is 0.520. The van der Waals surface area contributed by atoms with E-state index in [4.69, 9.17) is 9.15 Å². The number of amides is 1. The molecule has 3 aromatic rings. The Labute approximate surface area is 221 Å². The Bertz CT molecular complexity index is 1330. The summed E-state index contributed by atoms with van der Waals surface area (Å²) in [7, 11) is 0. The Kier molecular flexibility index (Phi) is 7.32. The molecule has 1 aromatic carbocycles. The lowest BCUT2D eigenvalue weighted by atomic mass is 10.0. The number of alkyl halides is 3. The predicted octanol–water partition coefficient (Wildman–Crippen LogP) is 4.71. The monoisotopic (exact) mass is 554 g/mol.